The van der Waals surface area contributed by atoms with Crippen LogP contribution in [0.4, 0.5) is 10.5 Å². The second-order valence-corrected chi connectivity index (χ2v) is 3.32. The molecule has 2 rings (SSSR count). The molecule has 1 aromatic carbocycles. The van der Waals surface area contributed by atoms with E-state index in [1.54, 1.807) is 25.3 Å². The lowest BCUT2D eigenvalue weighted by Gasteiger charge is -2.24. The van der Waals surface area contributed by atoms with E-state index < -0.39 is 6.09 Å². The normalized spacial score (nSPS) is 13.4. The van der Waals surface area contributed by atoms with Gasteiger partial charge in [0.1, 0.15) is 12.4 Å². The van der Waals surface area contributed by atoms with Crippen LogP contribution in [0, 0.1) is 0 Å². The first kappa shape index (κ1) is 10.5. The van der Waals surface area contributed by atoms with Crippen molar-refractivity contribution in [3.8, 4) is 5.75 Å². The van der Waals surface area contributed by atoms with Gasteiger partial charge < -0.3 is 9.84 Å². The van der Waals surface area contributed by atoms with Gasteiger partial charge in [-0.15, -0.1) is 0 Å². The Hall–Kier alpha value is -2.04. The molecule has 1 heterocycles. The number of phenols is 1. The number of ether oxygens (including phenoxy) is 1. The second-order valence-electron chi connectivity index (χ2n) is 3.32. The molecule has 0 aromatic heterocycles. The number of benzene rings is 1. The molecule has 0 radical (unpaired) electrons. The van der Waals surface area contributed by atoms with E-state index >= 15 is 0 Å². The summed E-state index contributed by atoms with van der Waals surface area (Å²) in [6, 6.07) is 4.77. The van der Waals surface area contributed by atoms with Crippen molar-refractivity contribution in [1.29, 1.82) is 0 Å². The number of anilines is 1. The molecule has 1 aliphatic heterocycles. The molecule has 0 fully saturated rings. The predicted octanol–water partition coefficient (Wildman–Crippen LogP) is 1.75. The Labute approximate surface area is 93.0 Å². The summed E-state index contributed by atoms with van der Waals surface area (Å²) < 4.78 is 4.92. The summed E-state index contributed by atoms with van der Waals surface area (Å²) in [6.45, 7) is 2.33. The number of nitrogens with zero attached hydrogens (tertiary/aromatic N) is 2. The van der Waals surface area contributed by atoms with E-state index in [4.69, 9.17) is 4.74 Å². The quantitative estimate of drug-likeness (QED) is 0.784. The van der Waals surface area contributed by atoms with Crippen molar-refractivity contribution in [2.45, 2.75) is 6.92 Å². The minimum atomic E-state index is -0.425. The lowest BCUT2D eigenvalue weighted by Crippen LogP contribution is -2.34. The smallest absolute Gasteiger partial charge is 0.415 e. The van der Waals surface area contributed by atoms with Crippen LogP contribution in [0.1, 0.15) is 12.5 Å². The topological polar surface area (TPSA) is 62.1 Å². The first-order valence-electron chi connectivity index (χ1n) is 4.99. The van der Waals surface area contributed by atoms with E-state index in [1.165, 1.54) is 11.0 Å². The van der Waals surface area contributed by atoms with Crippen LogP contribution in [-0.2, 0) is 4.74 Å². The molecule has 1 N–H and O–H groups in total. The average molecular weight is 220 g/mol. The van der Waals surface area contributed by atoms with Crippen molar-refractivity contribution in [3.63, 3.8) is 0 Å². The third kappa shape index (κ3) is 1.84. The third-order valence-electron chi connectivity index (χ3n) is 2.24. The Kier molecular flexibility index (Phi) is 2.76. The Morgan fingerprint density at radius 2 is 2.44 bits per heavy atom. The highest BCUT2D eigenvalue weighted by Gasteiger charge is 2.21. The Morgan fingerprint density at radius 3 is 3.19 bits per heavy atom. The standard InChI is InChI=1S/C11H12N2O3/c1-2-16-11(15)13-7-12-6-8-5-9(14)3-4-10(8)13/h3-6,14H,2,7H2,1H3. The predicted molar refractivity (Wildman–Crippen MR) is 60.1 cm³/mol. The number of fused-ring (bicyclic) bond motifs is 1. The molecule has 0 saturated carbocycles. The molecule has 16 heavy (non-hydrogen) atoms. The molecule has 0 aliphatic carbocycles. The highest BCUT2D eigenvalue weighted by molar-refractivity contribution is 5.98. The molecule has 84 valence electrons. The van der Waals surface area contributed by atoms with Crippen molar-refractivity contribution < 1.29 is 14.6 Å². The molecule has 1 aromatic rings. The van der Waals surface area contributed by atoms with Crippen LogP contribution in [0.5, 0.6) is 5.75 Å². The summed E-state index contributed by atoms with van der Waals surface area (Å²) in [6.07, 6.45) is 1.21. The largest absolute Gasteiger partial charge is 0.508 e. The number of carbonyl (C=O) groups is 1. The maximum absolute atomic E-state index is 11.6. The van der Waals surface area contributed by atoms with Gasteiger partial charge in [-0.1, -0.05) is 0 Å². The molecular weight excluding hydrogens is 208 g/mol. The van der Waals surface area contributed by atoms with Crippen LogP contribution < -0.4 is 4.90 Å². The van der Waals surface area contributed by atoms with Crippen LogP contribution in [0.3, 0.4) is 0 Å². The molecule has 0 spiro atoms. The van der Waals surface area contributed by atoms with Crippen LogP contribution in [0.25, 0.3) is 0 Å². The zero-order valence-electron chi connectivity index (χ0n) is 8.88. The minimum absolute atomic E-state index is 0.149. The van der Waals surface area contributed by atoms with Crippen molar-refractivity contribution in [2.24, 2.45) is 4.99 Å². The van der Waals surface area contributed by atoms with E-state index in [9.17, 15) is 9.90 Å². The summed E-state index contributed by atoms with van der Waals surface area (Å²) in [5.74, 6) is 0.149. The first-order chi connectivity index (χ1) is 7.72. The molecule has 0 atom stereocenters. The van der Waals surface area contributed by atoms with Crippen LogP contribution in [-0.4, -0.2) is 30.7 Å². The van der Waals surface area contributed by atoms with E-state index in [1.807, 2.05) is 0 Å². The van der Waals surface area contributed by atoms with E-state index in [0.29, 0.717) is 17.9 Å². The van der Waals surface area contributed by atoms with Gasteiger partial charge in [0.05, 0.1) is 12.3 Å². The van der Waals surface area contributed by atoms with Gasteiger partial charge in [-0.2, -0.15) is 0 Å². The molecule has 5 nitrogen and oxygen atoms in total. The number of aromatic hydroxyl groups is 1. The average Bonchev–Trinajstić information content (AvgIpc) is 2.28. The monoisotopic (exact) mass is 220 g/mol. The lowest BCUT2D eigenvalue weighted by molar-refractivity contribution is 0.160. The lowest BCUT2D eigenvalue weighted by atomic mass is 10.1. The Morgan fingerprint density at radius 1 is 1.62 bits per heavy atom. The summed E-state index contributed by atoms with van der Waals surface area (Å²) in [4.78, 5) is 17.1. The van der Waals surface area contributed by atoms with Crippen LogP contribution >= 0.6 is 0 Å². The van der Waals surface area contributed by atoms with Gasteiger partial charge in [-0.05, 0) is 25.1 Å². The van der Waals surface area contributed by atoms with Gasteiger partial charge in [0.2, 0.25) is 0 Å². The van der Waals surface area contributed by atoms with Crippen molar-refractivity contribution in [1.82, 2.24) is 0 Å². The highest BCUT2D eigenvalue weighted by Crippen LogP contribution is 2.26. The summed E-state index contributed by atoms with van der Waals surface area (Å²) >= 11 is 0. The summed E-state index contributed by atoms with van der Waals surface area (Å²) in [5, 5.41) is 9.32. The fourth-order valence-electron chi connectivity index (χ4n) is 1.55. The van der Waals surface area contributed by atoms with Crippen LogP contribution in [0.15, 0.2) is 23.2 Å². The maximum atomic E-state index is 11.6. The van der Waals surface area contributed by atoms with Gasteiger partial charge in [0.15, 0.2) is 0 Å². The maximum Gasteiger partial charge on any atom is 0.415 e. The zero-order valence-corrected chi connectivity index (χ0v) is 8.88. The molecular formula is C11H12N2O3. The molecule has 1 amide bonds. The van der Waals surface area contributed by atoms with Crippen molar-refractivity contribution in [2.75, 3.05) is 18.2 Å². The number of rotatable bonds is 1. The van der Waals surface area contributed by atoms with Gasteiger partial charge in [-0.25, -0.2) is 4.79 Å². The molecule has 0 unspecified atom stereocenters. The Balaban J connectivity index is 2.33. The van der Waals surface area contributed by atoms with E-state index in [-0.39, 0.29) is 12.4 Å². The SMILES string of the molecule is CCOC(=O)N1CN=Cc2cc(O)ccc21. The van der Waals surface area contributed by atoms with Crippen LogP contribution in [0.2, 0.25) is 0 Å². The number of phenolic OH excluding ortho intramolecular Hbond substituents is 1. The molecule has 5 heteroatoms. The van der Waals surface area contributed by atoms with E-state index in [0.717, 1.165) is 0 Å². The van der Waals surface area contributed by atoms with Gasteiger partial charge in [0, 0.05) is 11.8 Å². The molecule has 1 aliphatic rings. The number of aliphatic imine (C=N–C) groups is 1. The fourth-order valence-corrected chi connectivity index (χ4v) is 1.55. The Bertz CT molecular complexity index is 443. The summed E-state index contributed by atoms with van der Waals surface area (Å²) in [5.41, 5.74) is 1.41. The highest BCUT2D eigenvalue weighted by atomic mass is 16.6. The minimum Gasteiger partial charge on any atom is -0.508 e. The number of amides is 1. The number of hydrogen-bond donors (Lipinski definition) is 1. The van der Waals surface area contributed by atoms with Gasteiger partial charge >= 0.3 is 6.09 Å². The first-order valence-corrected chi connectivity index (χ1v) is 4.99. The van der Waals surface area contributed by atoms with Crippen molar-refractivity contribution in [3.05, 3.63) is 23.8 Å². The van der Waals surface area contributed by atoms with Gasteiger partial charge in [0.25, 0.3) is 0 Å². The van der Waals surface area contributed by atoms with E-state index in [2.05, 4.69) is 4.99 Å². The molecule has 0 bridgehead atoms. The van der Waals surface area contributed by atoms with Gasteiger partial charge in [-0.3, -0.25) is 9.89 Å². The molecule has 0 saturated heterocycles. The zero-order chi connectivity index (χ0) is 11.5. The fraction of sp³-hybridized carbons (Fsp3) is 0.273. The number of hydrogen-bond acceptors (Lipinski definition) is 4. The number of carbonyl (C=O) groups excluding carboxylic acids is 1. The third-order valence-corrected chi connectivity index (χ3v) is 2.24. The second kappa shape index (κ2) is 4.22. The summed E-state index contributed by atoms with van der Waals surface area (Å²) in [7, 11) is 0. The van der Waals surface area contributed by atoms with Crippen molar-refractivity contribution >= 4 is 18.0 Å².